The first-order valence-corrected chi connectivity index (χ1v) is 11.5. The van der Waals surface area contributed by atoms with Gasteiger partial charge in [-0.15, -0.1) is 23.5 Å². The third-order valence-corrected chi connectivity index (χ3v) is 5.58. The Morgan fingerprint density at radius 2 is 1.38 bits per heavy atom. The molecule has 146 valence electrons. The first-order chi connectivity index (χ1) is 12.5. The van der Waals surface area contributed by atoms with Crippen LogP contribution in [0, 0.1) is 0 Å². The number of rotatable bonds is 12. The van der Waals surface area contributed by atoms with Gasteiger partial charge in [0.25, 0.3) is 0 Å². The molecule has 0 heterocycles. The molecule has 0 aromatic heterocycles. The number of benzene rings is 1. The van der Waals surface area contributed by atoms with Crippen LogP contribution < -0.4 is 4.74 Å². The zero-order valence-corrected chi connectivity index (χ0v) is 17.9. The molecule has 0 atom stereocenters. The van der Waals surface area contributed by atoms with Crippen molar-refractivity contribution in [1.29, 1.82) is 0 Å². The van der Waals surface area contributed by atoms with Crippen molar-refractivity contribution in [3.05, 3.63) is 17.7 Å². The lowest BCUT2D eigenvalue weighted by Gasteiger charge is -2.14. The molecule has 26 heavy (non-hydrogen) atoms. The first-order valence-electron chi connectivity index (χ1n) is 9.04. The maximum absolute atomic E-state index is 11.2. The summed E-state index contributed by atoms with van der Waals surface area (Å²) in [6.07, 6.45) is 11.9. The van der Waals surface area contributed by atoms with Crippen LogP contribution >= 0.6 is 23.5 Å². The number of ether oxygens (including phenoxy) is 2. The number of carbonyl (C=O) groups excluding carboxylic acids is 2. The van der Waals surface area contributed by atoms with E-state index in [1.54, 1.807) is 23.5 Å². The Morgan fingerprint density at radius 1 is 0.846 bits per heavy atom. The largest absolute Gasteiger partial charge is 0.466 e. The summed E-state index contributed by atoms with van der Waals surface area (Å²) in [4.78, 5) is 24.3. The topological polar surface area (TPSA) is 52.6 Å². The highest BCUT2D eigenvalue weighted by atomic mass is 32.2. The van der Waals surface area contributed by atoms with E-state index in [0.29, 0.717) is 12.4 Å². The molecule has 0 N–H and O–H groups in total. The fraction of sp³-hybridized carbons (Fsp3) is 0.600. The van der Waals surface area contributed by atoms with Crippen LogP contribution in [0.3, 0.4) is 0 Å². The summed E-state index contributed by atoms with van der Waals surface area (Å²) in [6, 6.07) is 3.94. The van der Waals surface area contributed by atoms with Crippen molar-refractivity contribution >= 4 is 35.5 Å². The SMILES string of the molecule is CSc1cc(OC(C)=O)cc(SC)c1CCCCCCCCOC(C)=O. The van der Waals surface area contributed by atoms with Gasteiger partial charge in [-0.2, -0.15) is 0 Å². The zero-order valence-electron chi connectivity index (χ0n) is 16.3. The predicted molar refractivity (Wildman–Crippen MR) is 109 cm³/mol. The lowest BCUT2D eigenvalue weighted by Crippen LogP contribution is -2.03. The van der Waals surface area contributed by atoms with E-state index in [0.717, 1.165) is 25.7 Å². The van der Waals surface area contributed by atoms with E-state index < -0.39 is 0 Å². The number of unbranched alkanes of at least 4 members (excludes halogenated alkanes) is 5. The molecule has 1 aromatic rings. The minimum absolute atomic E-state index is 0.195. The number of carbonyl (C=O) groups is 2. The van der Waals surface area contributed by atoms with Crippen LogP contribution in [-0.2, 0) is 20.7 Å². The maximum Gasteiger partial charge on any atom is 0.308 e. The van der Waals surface area contributed by atoms with E-state index >= 15 is 0 Å². The van der Waals surface area contributed by atoms with Gasteiger partial charge in [-0.1, -0.05) is 25.7 Å². The second-order valence-corrected chi connectivity index (χ2v) is 7.81. The Bertz CT molecular complexity index is 562. The van der Waals surface area contributed by atoms with Crippen molar-refractivity contribution in [2.24, 2.45) is 0 Å². The standard InChI is InChI=1S/C20H30O4S2/c1-15(21)23-12-10-8-6-5-7-9-11-18-19(25-3)13-17(24-16(2)22)14-20(18)26-4/h13-14H,5-12H2,1-4H3. The normalized spacial score (nSPS) is 10.6. The second-order valence-electron chi connectivity index (χ2n) is 6.11. The minimum Gasteiger partial charge on any atom is -0.466 e. The number of hydrogen-bond acceptors (Lipinski definition) is 6. The van der Waals surface area contributed by atoms with Crippen molar-refractivity contribution in [2.45, 2.75) is 68.6 Å². The van der Waals surface area contributed by atoms with Crippen molar-refractivity contribution in [1.82, 2.24) is 0 Å². The third-order valence-electron chi connectivity index (χ3n) is 3.97. The molecule has 0 unspecified atom stereocenters. The molecule has 0 aliphatic carbocycles. The summed E-state index contributed by atoms with van der Waals surface area (Å²) >= 11 is 3.40. The van der Waals surface area contributed by atoms with Gasteiger partial charge in [0.05, 0.1) is 6.61 Å². The molecule has 0 bridgehead atoms. The molecule has 0 amide bonds. The summed E-state index contributed by atoms with van der Waals surface area (Å²) in [5.41, 5.74) is 1.36. The summed E-state index contributed by atoms with van der Waals surface area (Å²) in [5, 5.41) is 0. The van der Waals surface area contributed by atoms with E-state index in [1.807, 2.05) is 12.1 Å². The van der Waals surface area contributed by atoms with Gasteiger partial charge in [-0.25, -0.2) is 0 Å². The van der Waals surface area contributed by atoms with Crippen LogP contribution in [0.5, 0.6) is 5.75 Å². The molecule has 0 saturated carbocycles. The van der Waals surface area contributed by atoms with Crippen LogP contribution in [0.15, 0.2) is 21.9 Å². The van der Waals surface area contributed by atoms with Gasteiger partial charge in [0, 0.05) is 23.6 Å². The van der Waals surface area contributed by atoms with Crippen LogP contribution in [0.1, 0.15) is 57.9 Å². The van der Waals surface area contributed by atoms with Crippen LogP contribution in [0.25, 0.3) is 0 Å². The number of hydrogen-bond donors (Lipinski definition) is 0. The molecule has 0 aliphatic rings. The van der Waals surface area contributed by atoms with Gasteiger partial charge in [-0.3, -0.25) is 9.59 Å². The van der Waals surface area contributed by atoms with Gasteiger partial charge in [0.15, 0.2) is 0 Å². The Hall–Kier alpha value is -1.14. The molecule has 1 rings (SSSR count). The van der Waals surface area contributed by atoms with Gasteiger partial charge in [0.2, 0.25) is 0 Å². The monoisotopic (exact) mass is 398 g/mol. The van der Waals surface area contributed by atoms with Crippen molar-refractivity contribution < 1.29 is 19.1 Å². The second kappa shape index (κ2) is 13.1. The van der Waals surface area contributed by atoms with E-state index in [4.69, 9.17) is 9.47 Å². The van der Waals surface area contributed by atoms with Crippen LogP contribution in [0.2, 0.25) is 0 Å². The van der Waals surface area contributed by atoms with Gasteiger partial charge < -0.3 is 9.47 Å². The summed E-state index contributed by atoms with van der Waals surface area (Å²) < 4.78 is 10.2. The molecule has 4 nitrogen and oxygen atoms in total. The first kappa shape index (κ1) is 22.9. The van der Waals surface area contributed by atoms with Gasteiger partial charge in [0.1, 0.15) is 5.75 Å². The molecular formula is C20H30O4S2. The molecule has 0 aliphatic heterocycles. The minimum atomic E-state index is -0.287. The fourth-order valence-corrected chi connectivity index (χ4v) is 4.21. The van der Waals surface area contributed by atoms with Crippen LogP contribution in [-0.4, -0.2) is 31.1 Å². The van der Waals surface area contributed by atoms with Crippen molar-refractivity contribution in [3.63, 3.8) is 0 Å². The molecular weight excluding hydrogens is 368 g/mol. The molecule has 0 saturated heterocycles. The number of thioether (sulfide) groups is 2. The predicted octanol–water partition coefficient (Wildman–Crippen LogP) is 5.50. The zero-order chi connectivity index (χ0) is 19.4. The van der Waals surface area contributed by atoms with Crippen molar-refractivity contribution in [3.8, 4) is 5.75 Å². The Morgan fingerprint density at radius 3 is 1.88 bits per heavy atom. The summed E-state index contributed by atoms with van der Waals surface area (Å²) in [6.45, 7) is 3.42. The lowest BCUT2D eigenvalue weighted by molar-refractivity contribution is -0.141. The summed E-state index contributed by atoms with van der Waals surface area (Å²) in [5.74, 6) is 0.146. The Kier molecular flexibility index (Phi) is 11.5. The molecule has 6 heteroatoms. The van der Waals surface area contributed by atoms with Gasteiger partial charge in [-0.05, 0) is 49.5 Å². The van der Waals surface area contributed by atoms with E-state index in [9.17, 15) is 9.59 Å². The third kappa shape index (κ3) is 8.99. The molecule has 1 aromatic carbocycles. The number of esters is 2. The smallest absolute Gasteiger partial charge is 0.308 e. The molecule has 0 fully saturated rings. The Balaban J connectivity index is 2.43. The lowest BCUT2D eigenvalue weighted by atomic mass is 10.0. The van der Waals surface area contributed by atoms with Gasteiger partial charge >= 0.3 is 11.9 Å². The van der Waals surface area contributed by atoms with Crippen LogP contribution in [0.4, 0.5) is 0 Å². The molecule has 0 radical (unpaired) electrons. The van der Waals surface area contributed by atoms with E-state index in [2.05, 4.69) is 12.5 Å². The highest BCUT2D eigenvalue weighted by molar-refractivity contribution is 7.99. The average molecular weight is 399 g/mol. The highest BCUT2D eigenvalue weighted by Gasteiger charge is 2.12. The van der Waals surface area contributed by atoms with Crippen molar-refractivity contribution in [2.75, 3.05) is 19.1 Å². The highest BCUT2D eigenvalue weighted by Crippen LogP contribution is 2.35. The average Bonchev–Trinajstić information content (AvgIpc) is 2.59. The van der Waals surface area contributed by atoms with E-state index in [1.165, 1.54) is 48.5 Å². The summed E-state index contributed by atoms with van der Waals surface area (Å²) in [7, 11) is 0. The quantitative estimate of drug-likeness (QED) is 0.200. The molecule has 0 spiro atoms. The Labute approximate surface area is 165 Å². The van der Waals surface area contributed by atoms with E-state index in [-0.39, 0.29) is 11.9 Å². The maximum atomic E-state index is 11.2. The fourth-order valence-electron chi connectivity index (χ4n) is 2.76.